The van der Waals surface area contributed by atoms with Crippen LogP contribution in [0, 0.1) is 5.82 Å². The van der Waals surface area contributed by atoms with Crippen molar-refractivity contribution in [3.63, 3.8) is 0 Å². The lowest BCUT2D eigenvalue weighted by atomic mass is 10.0. The smallest absolute Gasteiger partial charge is 0.273 e. The van der Waals surface area contributed by atoms with E-state index in [0.717, 1.165) is 20.9 Å². The van der Waals surface area contributed by atoms with Gasteiger partial charge in [-0.3, -0.25) is 4.79 Å². The molecular weight excluding hydrogens is 295 g/mol. The minimum absolute atomic E-state index is 0.241. The van der Waals surface area contributed by atoms with Gasteiger partial charge < -0.3 is 0 Å². The summed E-state index contributed by atoms with van der Waals surface area (Å²) in [5.74, 6) is -0.0119. The molecule has 0 unspecified atom stereocenters. The van der Waals surface area contributed by atoms with Gasteiger partial charge in [0.05, 0.1) is 11.1 Å². The first kappa shape index (κ1) is 14.5. The van der Waals surface area contributed by atoms with E-state index in [0.29, 0.717) is 0 Å². The highest BCUT2D eigenvalue weighted by Gasteiger charge is 2.19. The van der Waals surface area contributed by atoms with E-state index in [9.17, 15) is 9.18 Å². The van der Waals surface area contributed by atoms with Crippen LogP contribution in [0.2, 0.25) is 0 Å². The Morgan fingerprint density at radius 1 is 0.773 bits per heavy atom. The summed E-state index contributed by atoms with van der Waals surface area (Å²) in [6.07, 6.45) is 0. The van der Waals surface area contributed by atoms with Gasteiger partial charge in [0.25, 0.3) is 0 Å². The Balaban J connectivity index is 1.93. The van der Waals surface area contributed by atoms with Crippen molar-refractivity contribution in [3.05, 3.63) is 95.8 Å². The average Bonchev–Trinajstić information content (AvgIpc) is 2.58. The summed E-state index contributed by atoms with van der Waals surface area (Å²) in [4.78, 5) is 12.4. The molecule has 1 nitrogen and oxygen atoms in total. The van der Waals surface area contributed by atoms with Gasteiger partial charge >= 0.3 is 5.78 Å². The van der Waals surface area contributed by atoms with E-state index in [1.165, 1.54) is 23.9 Å². The molecule has 3 aromatic rings. The van der Waals surface area contributed by atoms with Crippen LogP contribution >= 0.6 is 11.8 Å². The number of carbonyl (C=O) groups excluding carboxylic acids is 1. The van der Waals surface area contributed by atoms with Crippen LogP contribution in [0.5, 0.6) is 0 Å². The van der Waals surface area contributed by atoms with Crippen molar-refractivity contribution in [1.29, 1.82) is 0 Å². The lowest BCUT2D eigenvalue weighted by Crippen LogP contribution is -2.04. The minimum Gasteiger partial charge on any atom is -0.273 e. The normalized spacial score (nSPS) is 10.4. The van der Waals surface area contributed by atoms with Crippen LogP contribution in [-0.4, -0.2) is 10.6 Å². The number of benzene rings is 3. The Bertz CT molecular complexity index is 782. The van der Waals surface area contributed by atoms with E-state index in [1.54, 1.807) is 12.1 Å². The average molecular weight is 309 g/mol. The van der Waals surface area contributed by atoms with Crippen molar-refractivity contribution in [1.82, 2.24) is 0 Å². The Morgan fingerprint density at radius 2 is 1.41 bits per heavy atom. The Labute approximate surface area is 132 Å². The molecule has 0 aliphatic carbocycles. The highest BCUT2D eigenvalue weighted by molar-refractivity contribution is 7.99. The van der Waals surface area contributed by atoms with E-state index in [4.69, 9.17) is 0 Å². The van der Waals surface area contributed by atoms with Crippen molar-refractivity contribution >= 4 is 17.5 Å². The predicted octanol–water partition coefficient (Wildman–Crippen LogP) is 4.92. The van der Waals surface area contributed by atoms with Gasteiger partial charge in [0, 0.05) is 9.79 Å². The molecule has 0 saturated carbocycles. The molecule has 108 valence electrons. The maximum atomic E-state index is 13.0. The van der Waals surface area contributed by atoms with Crippen molar-refractivity contribution in [2.24, 2.45) is 0 Å². The summed E-state index contributed by atoms with van der Waals surface area (Å²) in [7, 11) is 0. The molecule has 0 aromatic heterocycles. The number of ketones is 1. The summed E-state index contributed by atoms with van der Waals surface area (Å²) >= 11 is 1.50. The first-order chi connectivity index (χ1) is 10.7. The zero-order valence-corrected chi connectivity index (χ0v) is 12.6. The van der Waals surface area contributed by atoms with Crippen LogP contribution in [0.1, 0.15) is 11.1 Å². The van der Waals surface area contributed by atoms with Crippen molar-refractivity contribution < 1.29 is 9.18 Å². The molecule has 22 heavy (non-hydrogen) atoms. The van der Waals surface area contributed by atoms with Crippen LogP contribution in [0.15, 0.2) is 88.7 Å². The Kier molecular flexibility index (Phi) is 4.35. The first-order valence-corrected chi connectivity index (χ1v) is 7.70. The van der Waals surface area contributed by atoms with Crippen LogP contribution in [0.3, 0.4) is 0 Å². The number of hydrogen-bond donors (Lipinski definition) is 0. The number of rotatable bonds is 4. The monoisotopic (exact) mass is 309 g/mol. The predicted molar refractivity (Wildman–Crippen MR) is 88.6 cm³/mol. The molecule has 1 N–H and O–H groups in total. The standard InChI is InChI=1S/C19H13FOS/c20-15-10-12-16(13-11-15)22-18-9-5-4-8-17(18)19(21)14-6-2-1-3-7-14/h1-13H/p+1. The lowest BCUT2D eigenvalue weighted by molar-refractivity contribution is 0.626. The molecule has 0 saturated heterocycles. The van der Waals surface area contributed by atoms with Gasteiger partial charge in [0.1, 0.15) is 5.82 Å². The molecule has 0 atom stereocenters. The molecule has 3 heteroatoms. The molecule has 0 bridgehead atoms. The van der Waals surface area contributed by atoms with Crippen LogP contribution in [0.25, 0.3) is 0 Å². The zero-order chi connectivity index (χ0) is 15.4. The van der Waals surface area contributed by atoms with Gasteiger partial charge in [-0.25, -0.2) is 4.39 Å². The fourth-order valence-electron chi connectivity index (χ4n) is 2.13. The van der Waals surface area contributed by atoms with Gasteiger partial charge in [-0.2, -0.15) is 0 Å². The first-order valence-electron chi connectivity index (χ1n) is 6.88. The van der Waals surface area contributed by atoms with Gasteiger partial charge in [0.15, 0.2) is 0 Å². The van der Waals surface area contributed by atoms with E-state index < -0.39 is 0 Å². The summed E-state index contributed by atoms with van der Waals surface area (Å²) in [6.45, 7) is 0. The van der Waals surface area contributed by atoms with Gasteiger partial charge in [-0.15, -0.1) is 0 Å². The third-order valence-electron chi connectivity index (χ3n) is 3.23. The van der Waals surface area contributed by atoms with E-state index in [-0.39, 0.29) is 11.6 Å². The SMILES string of the molecule is [OH+]=C(c1ccccc1)c1ccccc1Sc1ccc(F)cc1. The minimum atomic E-state index is -0.253. The molecule has 0 spiro atoms. The largest absolute Gasteiger partial charge is 0.355 e. The second-order valence-electron chi connectivity index (χ2n) is 4.77. The van der Waals surface area contributed by atoms with Crippen molar-refractivity contribution in [2.75, 3.05) is 0 Å². The summed E-state index contributed by atoms with van der Waals surface area (Å²) in [6, 6.07) is 23.4. The summed E-state index contributed by atoms with van der Waals surface area (Å²) in [5, 5.41) is 0. The van der Waals surface area contributed by atoms with Gasteiger partial charge in [-0.1, -0.05) is 42.1 Å². The van der Waals surface area contributed by atoms with Gasteiger partial charge in [-0.05, 0) is 48.5 Å². The highest BCUT2D eigenvalue weighted by Crippen LogP contribution is 2.31. The molecule has 3 rings (SSSR count). The molecule has 0 fully saturated rings. The third kappa shape index (κ3) is 3.26. The van der Waals surface area contributed by atoms with E-state index in [1.807, 2.05) is 54.6 Å². The fourth-order valence-corrected chi connectivity index (χ4v) is 3.08. The number of halogens is 1. The van der Waals surface area contributed by atoms with Crippen LogP contribution < -0.4 is 0 Å². The quantitative estimate of drug-likeness (QED) is 0.495. The summed E-state index contributed by atoms with van der Waals surface area (Å²) < 4.78 is 13.0. The highest BCUT2D eigenvalue weighted by atomic mass is 32.2. The second kappa shape index (κ2) is 6.58. The molecule has 0 aliphatic rings. The zero-order valence-electron chi connectivity index (χ0n) is 11.7. The van der Waals surface area contributed by atoms with Crippen molar-refractivity contribution in [3.8, 4) is 0 Å². The molecule has 0 aliphatic heterocycles. The molecule has 0 heterocycles. The molecular formula is C19H14FOS+. The number of hydrogen-bond acceptors (Lipinski definition) is 1. The third-order valence-corrected chi connectivity index (χ3v) is 4.31. The molecule has 3 aromatic carbocycles. The van der Waals surface area contributed by atoms with E-state index >= 15 is 0 Å². The maximum Gasteiger partial charge on any atom is 0.355 e. The maximum absolute atomic E-state index is 13.0. The molecule has 0 amide bonds. The fraction of sp³-hybridized carbons (Fsp3) is 0. The lowest BCUT2D eigenvalue weighted by Gasteiger charge is -2.05. The topological polar surface area (TPSA) is 21.4 Å². The second-order valence-corrected chi connectivity index (χ2v) is 5.88. The molecule has 0 radical (unpaired) electrons. The van der Waals surface area contributed by atoms with Crippen LogP contribution in [-0.2, 0) is 0 Å². The Morgan fingerprint density at radius 3 is 2.14 bits per heavy atom. The van der Waals surface area contributed by atoms with Gasteiger partial charge in [0.2, 0.25) is 0 Å². The van der Waals surface area contributed by atoms with Crippen LogP contribution in [0.4, 0.5) is 4.39 Å². The van der Waals surface area contributed by atoms with E-state index in [2.05, 4.69) is 0 Å². The van der Waals surface area contributed by atoms with Crippen molar-refractivity contribution in [2.45, 2.75) is 9.79 Å². The Hall–Kier alpha value is -2.39. The summed E-state index contributed by atoms with van der Waals surface area (Å²) in [5.41, 5.74) is 1.54.